The summed E-state index contributed by atoms with van der Waals surface area (Å²) in [6.07, 6.45) is 2.04. The number of aliphatic imine (C=N–C) groups is 1. The molecule has 118 valence electrons. The number of rotatable bonds is 4. The highest BCUT2D eigenvalue weighted by atomic mass is 79.9. The number of phenols is 1. The summed E-state index contributed by atoms with van der Waals surface area (Å²) in [4.78, 5) is 6.39. The van der Waals surface area contributed by atoms with Crippen LogP contribution in [0.5, 0.6) is 5.75 Å². The molecule has 0 bridgehead atoms. The lowest BCUT2D eigenvalue weighted by Crippen LogP contribution is -2.38. The van der Waals surface area contributed by atoms with Gasteiger partial charge in [0.1, 0.15) is 5.75 Å². The molecule has 0 aliphatic rings. The van der Waals surface area contributed by atoms with Crippen LogP contribution in [0.1, 0.15) is 11.3 Å². The molecule has 2 rings (SSSR count). The third kappa shape index (κ3) is 4.27. The van der Waals surface area contributed by atoms with Crippen LogP contribution in [0, 0.1) is 0 Å². The number of nitrogens with one attached hydrogen (secondary N) is 1. The van der Waals surface area contributed by atoms with Crippen LogP contribution in [0.15, 0.2) is 46.0 Å². The van der Waals surface area contributed by atoms with Crippen LogP contribution in [0.2, 0.25) is 0 Å². The number of phenolic OH excluding ortho intramolecular Hbond substituents is 1. The van der Waals surface area contributed by atoms with Crippen molar-refractivity contribution in [1.82, 2.24) is 14.8 Å². The van der Waals surface area contributed by atoms with Crippen molar-refractivity contribution in [3.8, 4) is 5.75 Å². The first kappa shape index (κ1) is 16.4. The summed E-state index contributed by atoms with van der Waals surface area (Å²) in [6, 6.07) is 9.26. The van der Waals surface area contributed by atoms with Crippen molar-refractivity contribution < 1.29 is 5.11 Å². The number of aromatic hydroxyl groups is 1. The van der Waals surface area contributed by atoms with Crippen LogP contribution < -0.4 is 5.32 Å². The molecule has 2 N–H and O–H groups in total. The van der Waals surface area contributed by atoms with Gasteiger partial charge < -0.3 is 19.9 Å². The van der Waals surface area contributed by atoms with Gasteiger partial charge in [0.05, 0.1) is 6.54 Å². The second-order valence-electron chi connectivity index (χ2n) is 5.18. The zero-order valence-electron chi connectivity index (χ0n) is 13.0. The highest BCUT2D eigenvalue weighted by Crippen LogP contribution is 2.15. The van der Waals surface area contributed by atoms with E-state index in [9.17, 15) is 5.11 Å². The van der Waals surface area contributed by atoms with E-state index >= 15 is 0 Å². The average Bonchev–Trinajstić information content (AvgIpc) is 2.79. The van der Waals surface area contributed by atoms with Gasteiger partial charge in [0.25, 0.3) is 0 Å². The molecule has 0 fully saturated rings. The second-order valence-corrected chi connectivity index (χ2v) is 6.10. The summed E-state index contributed by atoms with van der Waals surface area (Å²) in [5.74, 6) is 1.10. The maximum absolute atomic E-state index is 9.30. The standard InChI is InChI=1S/C16H21BrN4O/c1-18-16(19-9-12-4-6-15(22)7-5-12)21(3)11-14-8-13(17)10-20(14)2/h4-8,10,22H,9,11H2,1-3H3,(H,18,19). The molecule has 0 saturated carbocycles. The molecule has 0 spiro atoms. The molecule has 1 aromatic heterocycles. The van der Waals surface area contributed by atoms with Gasteiger partial charge in [-0.1, -0.05) is 12.1 Å². The molecule has 0 aliphatic carbocycles. The van der Waals surface area contributed by atoms with Crippen molar-refractivity contribution in [2.24, 2.45) is 12.0 Å². The van der Waals surface area contributed by atoms with Gasteiger partial charge >= 0.3 is 0 Å². The molecule has 2 aromatic rings. The van der Waals surface area contributed by atoms with Crippen molar-refractivity contribution in [2.45, 2.75) is 13.1 Å². The minimum atomic E-state index is 0.277. The molecule has 0 amide bonds. The van der Waals surface area contributed by atoms with Gasteiger partial charge in [-0.2, -0.15) is 0 Å². The zero-order chi connectivity index (χ0) is 16.1. The molecule has 0 saturated heterocycles. The Kier molecular flexibility index (Phi) is 5.49. The number of guanidine groups is 1. The Morgan fingerprint density at radius 1 is 1.36 bits per heavy atom. The van der Waals surface area contributed by atoms with Gasteiger partial charge in [0.2, 0.25) is 0 Å². The Morgan fingerprint density at radius 3 is 2.59 bits per heavy atom. The highest BCUT2D eigenvalue weighted by Gasteiger charge is 2.09. The molecule has 0 atom stereocenters. The first-order chi connectivity index (χ1) is 10.5. The maximum Gasteiger partial charge on any atom is 0.194 e. The van der Waals surface area contributed by atoms with Gasteiger partial charge in [-0.25, -0.2) is 0 Å². The fourth-order valence-corrected chi connectivity index (χ4v) is 2.79. The van der Waals surface area contributed by atoms with Crippen LogP contribution in [-0.4, -0.2) is 34.6 Å². The normalized spacial score (nSPS) is 11.5. The Hall–Kier alpha value is -1.95. The number of nitrogens with zero attached hydrogens (tertiary/aromatic N) is 3. The van der Waals surface area contributed by atoms with Crippen molar-refractivity contribution in [1.29, 1.82) is 0 Å². The number of aryl methyl sites for hydroxylation is 1. The molecule has 22 heavy (non-hydrogen) atoms. The minimum Gasteiger partial charge on any atom is -0.508 e. The number of benzene rings is 1. The van der Waals surface area contributed by atoms with Crippen molar-refractivity contribution in [3.05, 3.63) is 52.3 Å². The fraction of sp³-hybridized carbons (Fsp3) is 0.312. The molecule has 6 heteroatoms. The lowest BCUT2D eigenvalue weighted by Gasteiger charge is -2.22. The summed E-state index contributed by atoms with van der Waals surface area (Å²) in [5, 5.41) is 12.6. The quantitative estimate of drug-likeness (QED) is 0.647. The van der Waals surface area contributed by atoms with E-state index in [4.69, 9.17) is 0 Å². The second kappa shape index (κ2) is 7.35. The predicted octanol–water partition coefficient (Wildman–Crippen LogP) is 2.70. The number of hydrogen-bond acceptors (Lipinski definition) is 2. The summed E-state index contributed by atoms with van der Waals surface area (Å²) in [7, 11) is 5.81. The zero-order valence-corrected chi connectivity index (χ0v) is 14.6. The van der Waals surface area contributed by atoms with E-state index in [-0.39, 0.29) is 5.75 Å². The monoisotopic (exact) mass is 364 g/mol. The van der Waals surface area contributed by atoms with Gasteiger partial charge in [0, 0.05) is 44.1 Å². The van der Waals surface area contributed by atoms with E-state index in [1.54, 1.807) is 19.2 Å². The van der Waals surface area contributed by atoms with E-state index in [1.165, 1.54) is 5.69 Å². The number of halogens is 1. The molecule has 0 unspecified atom stereocenters. The Morgan fingerprint density at radius 2 is 2.05 bits per heavy atom. The van der Waals surface area contributed by atoms with Crippen LogP contribution in [0.3, 0.4) is 0 Å². The Bertz CT molecular complexity index is 649. The van der Waals surface area contributed by atoms with E-state index in [0.717, 1.165) is 22.5 Å². The number of hydrogen-bond donors (Lipinski definition) is 2. The van der Waals surface area contributed by atoms with Gasteiger partial charge in [-0.3, -0.25) is 4.99 Å². The smallest absolute Gasteiger partial charge is 0.194 e. The third-order valence-corrected chi connectivity index (χ3v) is 3.87. The van der Waals surface area contributed by atoms with Crippen molar-refractivity contribution >= 4 is 21.9 Å². The molecule has 0 radical (unpaired) electrons. The van der Waals surface area contributed by atoms with Gasteiger partial charge in [-0.15, -0.1) is 0 Å². The van der Waals surface area contributed by atoms with Crippen molar-refractivity contribution in [3.63, 3.8) is 0 Å². The fourth-order valence-electron chi connectivity index (χ4n) is 2.22. The topological polar surface area (TPSA) is 52.8 Å². The molecular weight excluding hydrogens is 344 g/mol. The van der Waals surface area contributed by atoms with E-state index in [1.807, 2.05) is 32.4 Å². The molecular formula is C16H21BrN4O. The first-order valence-corrected chi connectivity index (χ1v) is 7.79. The summed E-state index contributed by atoms with van der Waals surface area (Å²) in [5.41, 5.74) is 2.29. The average molecular weight is 365 g/mol. The summed E-state index contributed by atoms with van der Waals surface area (Å²) in [6.45, 7) is 1.42. The largest absolute Gasteiger partial charge is 0.508 e. The van der Waals surface area contributed by atoms with Gasteiger partial charge in [0.15, 0.2) is 5.96 Å². The molecule has 0 aliphatic heterocycles. The van der Waals surface area contributed by atoms with E-state index in [0.29, 0.717) is 6.54 Å². The summed E-state index contributed by atoms with van der Waals surface area (Å²) >= 11 is 3.49. The van der Waals surface area contributed by atoms with Crippen molar-refractivity contribution in [2.75, 3.05) is 14.1 Å². The van der Waals surface area contributed by atoms with Crippen LogP contribution in [0.25, 0.3) is 0 Å². The lowest BCUT2D eigenvalue weighted by molar-refractivity contribution is 0.461. The van der Waals surface area contributed by atoms with Gasteiger partial charge in [-0.05, 0) is 39.7 Å². The molecule has 1 aromatic carbocycles. The molecule has 5 nitrogen and oxygen atoms in total. The maximum atomic E-state index is 9.30. The lowest BCUT2D eigenvalue weighted by atomic mass is 10.2. The minimum absolute atomic E-state index is 0.277. The first-order valence-electron chi connectivity index (χ1n) is 7.00. The van der Waals surface area contributed by atoms with E-state index < -0.39 is 0 Å². The van der Waals surface area contributed by atoms with Crippen LogP contribution in [-0.2, 0) is 20.1 Å². The Labute approximate surface area is 139 Å². The Balaban J connectivity index is 1.96. The highest BCUT2D eigenvalue weighted by molar-refractivity contribution is 9.10. The van der Waals surface area contributed by atoms with Crippen LogP contribution >= 0.6 is 15.9 Å². The predicted molar refractivity (Wildman–Crippen MR) is 92.9 cm³/mol. The third-order valence-electron chi connectivity index (χ3n) is 3.43. The van der Waals surface area contributed by atoms with E-state index in [2.05, 4.69) is 41.8 Å². The number of aromatic nitrogens is 1. The summed E-state index contributed by atoms with van der Waals surface area (Å²) < 4.78 is 3.17. The SMILES string of the molecule is CN=C(NCc1ccc(O)cc1)N(C)Cc1cc(Br)cn1C. The molecule has 1 heterocycles. The van der Waals surface area contributed by atoms with Crippen LogP contribution in [0.4, 0.5) is 0 Å².